The van der Waals surface area contributed by atoms with Crippen molar-refractivity contribution in [1.82, 2.24) is 10.6 Å². The van der Waals surface area contributed by atoms with E-state index in [1.807, 2.05) is 0 Å². The Hall–Kier alpha value is -2.33. The first kappa shape index (κ1) is 25.3. The van der Waals surface area contributed by atoms with Crippen LogP contribution in [0.5, 0.6) is 5.75 Å². The smallest absolute Gasteiger partial charge is 0.479 e. The Balaban J connectivity index is 1.15. The first-order valence-corrected chi connectivity index (χ1v) is 12.7. The molecule has 3 saturated carbocycles. The molecule has 2 bridgehead atoms. The maximum absolute atomic E-state index is 13.2. The fourth-order valence-electron chi connectivity index (χ4n) is 6.18. The second kappa shape index (κ2) is 9.52. The fourth-order valence-corrected chi connectivity index (χ4v) is 6.35. The van der Waals surface area contributed by atoms with Gasteiger partial charge in [-0.25, -0.2) is 0 Å². The highest BCUT2D eigenvalue weighted by Gasteiger charge is 2.50. The fraction of sp³-hybridized carbons (Fsp3) is 0.640. The molecule has 1 aliphatic heterocycles. The van der Waals surface area contributed by atoms with Gasteiger partial charge in [0.1, 0.15) is 5.75 Å². The van der Waals surface area contributed by atoms with Gasteiger partial charge in [0.2, 0.25) is 5.91 Å². The number of fused-ring (bicyclic) bond motifs is 3. The predicted molar refractivity (Wildman–Crippen MR) is 122 cm³/mol. The molecule has 0 radical (unpaired) electrons. The van der Waals surface area contributed by atoms with E-state index in [2.05, 4.69) is 15.4 Å². The van der Waals surface area contributed by atoms with Crippen LogP contribution in [0.4, 0.5) is 13.2 Å². The minimum atomic E-state index is -4.66. The van der Waals surface area contributed by atoms with Gasteiger partial charge in [0.25, 0.3) is 5.91 Å². The van der Waals surface area contributed by atoms with Crippen molar-refractivity contribution in [3.8, 4) is 5.75 Å². The molecule has 0 spiro atoms. The van der Waals surface area contributed by atoms with E-state index >= 15 is 0 Å². The van der Waals surface area contributed by atoms with Crippen molar-refractivity contribution in [3.63, 3.8) is 0 Å². The monoisotopic (exact) mass is 528 g/mol. The average molecular weight is 529 g/mol. The van der Waals surface area contributed by atoms with Crippen LogP contribution in [0.2, 0.25) is 5.02 Å². The van der Waals surface area contributed by atoms with Gasteiger partial charge in [0.15, 0.2) is 11.9 Å². The van der Waals surface area contributed by atoms with Crippen LogP contribution in [-0.2, 0) is 14.3 Å². The molecular formula is C25H28ClF3N2O5. The molecule has 1 aromatic rings. The number of rotatable bonds is 5. The molecule has 3 unspecified atom stereocenters. The number of halogens is 4. The van der Waals surface area contributed by atoms with E-state index in [4.69, 9.17) is 16.3 Å². The molecule has 7 nitrogen and oxygen atoms in total. The van der Waals surface area contributed by atoms with Crippen molar-refractivity contribution in [1.29, 1.82) is 0 Å². The molecule has 3 fully saturated rings. The summed E-state index contributed by atoms with van der Waals surface area (Å²) in [5.74, 6) is -0.206. The molecule has 0 saturated heterocycles. The minimum Gasteiger partial charge on any atom is -0.479 e. The van der Waals surface area contributed by atoms with Crippen molar-refractivity contribution >= 4 is 29.2 Å². The van der Waals surface area contributed by atoms with Crippen molar-refractivity contribution in [3.05, 3.63) is 28.8 Å². The van der Waals surface area contributed by atoms with E-state index < -0.39 is 24.0 Å². The number of alkyl halides is 3. The molecule has 4 atom stereocenters. The normalized spacial score (nSPS) is 33.6. The van der Waals surface area contributed by atoms with Crippen molar-refractivity contribution < 1.29 is 37.0 Å². The predicted octanol–water partition coefficient (Wildman–Crippen LogP) is 4.31. The summed E-state index contributed by atoms with van der Waals surface area (Å²) < 4.78 is 46.9. The number of ether oxygens (including phenoxy) is 2. The molecule has 0 aromatic heterocycles. The topological polar surface area (TPSA) is 93.7 Å². The summed E-state index contributed by atoms with van der Waals surface area (Å²) in [4.78, 5) is 38.7. The molecule has 1 heterocycles. The highest BCUT2D eigenvalue weighted by molar-refractivity contribution is 6.31. The van der Waals surface area contributed by atoms with Gasteiger partial charge < -0.3 is 15.4 Å². The van der Waals surface area contributed by atoms with Gasteiger partial charge >= 0.3 is 6.36 Å². The molecule has 1 aromatic carbocycles. The number of benzene rings is 1. The summed E-state index contributed by atoms with van der Waals surface area (Å²) in [6, 6.07) is 4.29. The van der Waals surface area contributed by atoms with E-state index in [0.29, 0.717) is 35.6 Å². The zero-order chi connectivity index (χ0) is 25.7. The maximum atomic E-state index is 13.2. The van der Waals surface area contributed by atoms with E-state index in [-0.39, 0.29) is 54.9 Å². The number of carbonyl (C=O) groups excluding carboxylic acids is 3. The Morgan fingerprint density at radius 3 is 2.67 bits per heavy atom. The van der Waals surface area contributed by atoms with Crippen molar-refractivity contribution in [2.45, 2.75) is 88.4 Å². The second-order valence-electron chi connectivity index (χ2n) is 10.5. The average Bonchev–Trinajstić information content (AvgIpc) is 2.79. The number of hydrogen-bond acceptors (Lipinski definition) is 5. The molecule has 3 aliphatic carbocycles. The molecule has 2 N–H and O–H groups in total. The summed E-state index contributed by atoms with van der Waals surface area (Å²) in [7, 11) is 0. The van der Waals surface area contributed by atoms with Crippen LogP contribution in [0.1, 0.15) is 68.1 Å². The summed E-state index contributed by atoms with van der Waals surface area (Å²) in [6.45, 7) is 0. The third-order valence-electron chi connectivity index (χ3n) is 8.10. The molecule has 36 heavy (non-hydrogen) atoms. The van der Waals surface area contributed by atoms with Crippen LogP contribution in [0, 0.1) is 11.3 Å². The van der Waals surface area contributed by atoms with Gasteiger partial charge in [-0.05, 0) is 69.1 Å². The molecule has 4 aliphatic rings. The largest absolute Gasteiger partial charge is 0.522 e. The first-order chi connectivity index (χ1) is 17.0. The number of nitrogens with one attached hydrogen (secondary N) is 2. The lowest BCUT2D eigenvalue weighted by Crippen LogP contribution is -2.58. The van der Waals surface area contributed by atoms with Gasteiger partial charge in [-0.3, -0.25) is 19.1 Å². The van der Waals surface area contributed by atoms with Gasteiger partial charge in [-0.1, -0.05) is 18.0 Å². The summed E-state index contributed by atoms with van der Waals surface area (Å²) >= 11 is 5.96. The third-order valence-corrected chi connectivity index (χ3v) is 8.34. The highest BCUT2D eigenvalue weighted by Crippen LogP contribution is 2.49. The molecular weight excluding hydrogens is 501 g/mol. The van der Waals surface area contributed by atoms with Gasteiger partial charge in [-0.15, -0.1) is 13.2 Å². The zero-order valence-electron chi connectivity index (χ0n) is 19.5. The van der Waals surface area contributed by atoms with Crippen LogP contribution < -0.4 is 15.4 Å². The van der Waals surface area contributed by atoms with Crippen LogP contribution >= 0.6 is 11.6 Å². The first-order valence-electron chi connectivity index (χ1n) is 12.4. The van der Waals surface area contributed by atoms with E-state index in [9.17, 15) is 27.6 Å². The van der Waals surface area contributed by atoms with Gasteiger partial charge in [0, 0.05) is 22.5 Å². The third kappa shape index (κ3) is 5.20. The lowest BCUT2D eigenvalue weighted by atomic mass is 9.59. The van der Waals surface area contributed by atoms with Gasteiger partial charge in [-0.2, -0.15) is 0 Å². The number of amides is 2. The quantitative estimate of drug-likeness (QED) is 0.594. The lowest BCUT2D eigenvalue weighted by Gasteiger charge is -2.49. The van der Waals surface area contributed by atoms with Crippen LogP contribution in [0.3, 0.4) is 0 Å². The SMILES string of the molecule is O=C1C[C@H](C(=O)NC2CCC3(C(=O)N[C@H]4C[C@@H](OC(F)(F)F)C4)CCCC2C3)Oc2ccc(Cl)cc21. The second-order valence-corrected chi connectivity index (χ2v) is 10.9. The zero-order valence-corrected chi connectivity index (χ0v) is 20.3. The summed E-state index contributed by atoms with van der Waals surface area (Å²) in [5.41, 5.74) is -0.189. The van der Waals surface area contributed by atoms with E-state index in [1.165, 1.54) is 6.07 Å². The Labute approximate surface area is 211 Å². The Morgan fingerprint density at radius 2 is 1.92 bits per heavy atom. The van der Waals surface area contributed by atoms with Crippen LogP contribution in [-0.4, -0.2) is 48.3 Å². The summed E-state index contributed by atoms with van der Waals surface area (Å²) in [5, 5.41) is 6.41. The molecule has 2 amide bonds. The van der Waals surface area contributed by atoms with Crippen LogP contribution in [0.15, 0.2) is 18.2 Å². The van der Waals surface area contributed by atoms with Gasteiger partial charge in [0.05, 0.1) is 18.1 Å². The molecule has 11 heteroatoms. The van der Waals surface area contributed by atoms with E-state index in [1.54, 1.807) is 12.1 Å². The Morgan fingerprint density at radius 1 is 1.14 bits per heavy atom. The number of ketones is 1. The van der Waals surface area contributed by atoms with E-state index in [0.717, 1.165) is 19.3 Å². The Kier molecular flexibility index (Phi) is 6.70. The van der Waals surface area contributed by atoms with Crippen molar-refractivity contribution in [2.24, 2.45) is 11.3 Å². The Bertz CT molecular complexity index is 1060. The molecule has 196 valence electrons. The molecule has 5 rings (SSSR count). The van der Waals surface area contributed by atoms with Crippen molar-refractivity contribution in [2.75, 3.05) is 0 Å². The number of carbonyl (C=O) groups is 3. The standard InChI is InChI=1S/C25H28ClF3N2O5/c26-14-3-4-20-17(8-14)19(32)11-21(35-20)22(33)31-18-5-7-24(6-1-2-13(18)12-24)23(34)30-15-9-16(10-15)36-25(27,28)29/h3-4,8,13,15-16,18,21H,1-2,5-7,9-12H2,(H,30,34)(H,31,33)/t13?,15-,16+,18?,21-,24?/m1/s1. The highest BCUT2D eigenvalue weighted by atomic mass is 35.5. The maximum Gasteiger partial charge on any atom is 0.522 e. The number of hydrogen-bond donors (Lipinski definition) is 2. The van der Waals surface area contributed by atoms with Crippen LogP contribution in [0.25, 0.3) is 0 Å². The summed E-state index contributed by atoms with van der Waals surface area (Å²) in [6.07, 6.45) is -2.01. The number of Topliss-reactive ketones (excluding diaryl/α,β-unsaturated/α-hetero) is 1. The lowest BCUT2D eigenvalue weighted by molar-refractivity contribution is -0.351. The minimum absolute atomic E-state index is 0.0661.